The van der Waals surface area contributed by atoms with Crippen LogP contribution in [0.2, 0.25) is 5.04 Å². The van der Waals surface area contributed by atoms with E-state index in [4.69, 9.17) is 58.4 Å². The molecule has 0 aliphatic carbocycles. The number of benzene rings is 3. The molecule has 0 radical (unpaired) electrons. The molecular formula is C54H70Cl3N5O9Si. The Kier molecular flexibility index (Phi) is 19.2. The van der Waals surface area contributed by atoms with Gasteiger partial charge in [-0.3, -0.25) is 29.2 Å². The first-order valence-corrected chi connectivity index (χ1v) is 27.2. The molecule has 0 bridgehead atoms. The number of pyridine rings is 1. The molecule has 0 spiro atoms. The summed E-state index contributed by atoms with van der Waals surface area (Å²) in [6.07, 6.45) is 2.46. The first-order chi connectivity index (χ1) is 33.5. The Hall–Kier alpha value is -5.03. The van der Waals surface area contributed by atoms with Gasteiger partial charge in [-0.15, -0.1) is 0 Å². The van der Waals surface area contributed by atoms with E-state index >= 15 is 0 Å². The number of ether oxygens (including phenoxy) is 3. The summed E-state index contributed by atoms with van der Waals surface area (Å²) in [6.45, 7) is 19.9. The molecule has 2 heterocycles. The molecule has 5 rings (SSSR count). The van der Waals surface area contributed by atoms with Crippen molar-refractivity contribution >= 4 is 100 Å². The Balaban J connectivity index is 1.40. The van der Waals surface area contributed by atoms with Gasteiger partial charge in [-0.2, -0.15) is 0 Å². The predicted octanol–water partition coefficient (Wildman–Crippen LogP) is 9.24. The fourth-order valence-electron chi connectivity index (χ4n) is 8.26. The van der Waals surface area contributed by atoms with Crippen LogP contribution in [0.4, 0.5) is 4.79 Å². The van der Waals surface area contributed by atoms with Crippen molar-refractivity contribution in [1.29, 1.82) is 0 Å². The summed E-state index contributed by atoms with van der Waals surface area (Å²) in [4.78, 5) is 75.8. The standard InChI is InChI=1S/C54H70Cl3N5O9Si/c1-35(2)45(70-49(66)53(10,11)30-29-37-25-26-38-27-28-41(58-43(38)32-37)36(3)61(12)50(67)71-51(4,5)6)46(63)59-44(47(64)62-31-19-24-42(60-62)48(65)68-34-54(55,56)57)33-69-72(52(7,8)9,39-20-15-13-16-21-39)40-22-17-14-18-23-40/h13-18,20-23,25-30,32,35-36,42,44-45,60H,19,24,31,33-34H2,1-12H3,(H,59,63)/t36-,42+,44+,45+/m1/s1. The van der Waals surface area contributed by atoms with Gasteiger partial charge in [-0.05, 0) is 93.4 Å². The number of hydrogen-bond acceptors (Lipinski definition) is 11. The Bertz CT molecular complexity index is 2520. The van der Waals surface area contributed by atoms with E-state index in [1.165, 1.54) is 9.91 Å². The zero-order valence-electron chi connectivity index (χ0n) is 43.4. The molecule has 4 aromatic rings. The van der Waals surface area contributed by atoms with Gasteiger partial charge in [-0.1, -0.05) is 160 Å². The number of aromatic nitrogens is 1. The molecule has 1 saturated heterocycles. The third kappa shape index (κ3) is 15.0. The average molecular weight is 1070 g/mol. The average Bonchev–Trinajstić information content (AvgIpc) is 3.32. The van der Waals surface area contributed by atoms with Crippen LogP contribution >= 0.6 is 34.8 Å². The van der Waals surface area contributed by atoms with Crippen LogP contribution in [0, 0.1) is 11.3 Å². The maximum absolute atomic E-state index is 14.8. The van der Waals surface area contributed by atoms with Crippen molar-refractivity contribution in [3.8, 4) is 0 Å². The van der Waals surface area contributed by atoms with Crippen LogP contribution in [0.25, 0.3) is 17.0 Å². The van der Waals surface area contributed by atoms with E-state index in [0.29, 0.717) is 24.1 Å². The molecule has 1 aromatic heterocycles. The van der Waals surface area contributed by atoms with Crippen LogP contribution in [-0.2, 0) is 37.8 Å². The van der Waals surface area contributed by atoms with Crippen LogP contribution < -0.4 is 21.1 Å². The summed E-state index contributed by atoms with van der Waals surface area (Å²) in [5.74, 6) is -3.20. The topological polar surface area (TPSA) is 166 Å². The van der Waals surface area contributed by atoms with Crippen molar-refractivity contribution in [2.45, 2.75) is 128 Å². The number of carbonyl (C=O) groups is 5. The van der Waals surface area contributed by atoms with E-state index in [9.17, 15) is 24.0 Å². The van der Waals surface area contributed by atoms with Gasteiger partial charge in [0.2, 0.25) is 3.79 Å². The molecule has 3 amide bonds. The summed E-state index contributed by atoms with van der Waals surface area (Å²) < 4.78 is 22.2. The molecule has 1 aliphatic rings. The molecule has 18 heteroatoms. The zero-order chi connectivity index (χ0) is 53.4. The molecule has 72 heavy (non-hydrogen) atoms. The minimum Gasteiger partial charge on any atom is -0.460 e. The second-order valence-electron chi connectivity index (χ2n) is 21.2. The number of nitrogens with one attached hydrogen (secondary N) is 2. The number of esters is 2. The van der Waals surface area contributed by atoms with E-state index in [-0.39, 0.29) is 19.2 Å². The Morgan fingerprint density at radius 1 is 0.875 bits per heavy atom. The number of carbonyl (C=O) groups excluding carboxylic acids is 5. The van der Waals surface area contributed by atoms with Crippen molar-refractivity contribution in [2.24, 2.45) is 11.3 Å². The Morgan fingerprint density at radius 2 is 1.47 bits per heavy atom. The van der Waals surface area contributed by atoms with E-state index in [1.54, 1.807) is 46.9 Å². The van der Waals surface area contributed by atoms with Gasteiger partial charge >= 0.3 is 18.0 Å². The van der Waals surface area contributed by atoms with Crippen LogP contribution in [0.5, 0.6) is 0 Å². The number of rotatable bonds is 17. The van der Waals surface area contributed by atoms with Crippen molar-refractivity contribution in [1.82, 2.24) is 25.6 Å². The van der Waals surface area contributed by atoms with Crippen molar-refractivity contribution in [3.05, 3.63) is 108 Å². The van der Waals surface area contributed by atoms with Crippen LogP contribution in [-0.4, -0.2) is 107 Å². The lowest BCUT2D eigenvalue weighted by Crippen LogP contribution is -2.68. The molecule has 390 valence electrons. The highest BCUT2D eigenvalue weighted by Crippen LogP contribution is 2.37. The lowest BCUT2D eigenvalue weighted by Gasteiger charge is -2.44. The smallest absolute Gasteiger partial charge is 0.410 e. The lowest BCUT2D eigenvalue weighted by molar-refractivity contribution is -0.165. The van der Waals surface area contributed by atoms with E-state index in [1.807, 2.05) is 119 Å². The minimum absolute atomic E-state index is 0.195. The highest BCUT2D eigenvalue weighted by molar-refractivity contribution is 6.99. The zero-order valence-corrected chi connectivity index (χ0v) is 46.7. The second-order valence-corrected chi connectivity index (χ2v) is 28.0. The van der Waals surface area contributed by atoms with E-state index in [2.05, 4.69) is 31.5 Å². The fraction of sp³-hybridized carbons (Fsp3) is 0.481. The first kappa shape index (κ1) is 57.9. The molecule has 1 fully saturated rings. The van der Waals surface area contributed by atoms with Gasteiger partial charge in [0.1, 0.15) is 24.3 Å². The van der Waals surface area contributed by atoms with Crippen LogP contribution in [0.3, 0.4) is 0 Å². The third-order valence-corrected chi connectivity index (χ3v) is 17.7. The van der Waals surface area contributed by atoms with E-state index < -0.39 is 88.7 Å². The predicted molar refractivity (Wildman–Crippen MR) is 286 cm³/mol. The number of nitrogens with zero attached hydrogens (tertiary/aromatic N) is 3. The second kappa shape index (κ2) is 23.9. The Labute approximate surface area is 440 Å². The maximum Gasteiger partial charge on any atom is 0.410 e. The number of halogens is 3. The SMILES string of the molecule is CC(C)[C@H](OC(=O)C(C)(C)C=Cc1ccc2ccc([C@@H](C)N(C)C(=O)OC(C)(C)C)nc2c1)C(=O)N[C@@H](CO[Si](c1ccccc1)(c1ccccc1)C(C)(C)C)C(=O)N1CCC[C@@H](C(=O)OCC(Cl)(Cl)Cl)N1. The molecule has 0 unspecified atom stereocenters. The highest BCUT2D eigenvalue weighted by Gasteiger charge is 2.51. The quantitative estimate of drug-likeness (QED) is 0.0448. The number of fused-ring (bicyclic) bond motifs is 1. The number of hydrogen-bond donors (Lipinski definition) is 2. The molecule has 4 atom stereocenters. The number of hydrazine groups is 1. The summed E-state index contributed by atoms with van der Waals surface area (Å²) >= 11 is 17.5. The van der Waals surface area contributed by atoms with Crippen molar-refractivity contribution in [3.63, 3.8) is 0 Å². The Morgan fingerprint density at radius 3 is 2.03 bits per heavy atom. The summed E-state index contributed by atoms with van der Waals surface area (Å²) in [5, 5.41) is 6.51. The van der Waals surface area contributed by atoms with Crippen molar-refractivity contribution in [2.75, 3.05) is 26.8 Å². The largest absolute Gasteiger partial charge is 0.460 e. The number of alkyl halides is 3. The molecule has 3 aromatic carbocycles. The van der Waals surface area contributed by atoms with Crippen LogP contribution in [0.15, 0.2) is 97.1 Å². The van der Waals surface area contributed by atoms with Gasteiger partial charge in [-0.25, -0.2) is 10.2 Å². The van der Waals surface area contributed by atoms with Crippen LogP contribution in [0.1, 0.15) is 106 Å². The molecule has 0 saturated carbocycles. The van der Waals surface area contributed by atoms with E-state index in [0.717, 1.165) is 21.3 Å². The molecular weight excluding hydrogens is 997 g/mol. The van der Waals surface area contributed by atoms with Gasteiger partial charge < -0.3 is 28.9 Å². The van der Waals surface area contributed by atoms with Gasteiger partial charge in [0.25, 0.3) is 20.1 Å². The molecule has 14 nitrogen and oxygen atoms in total. The highest BCUT2D eigenvalue weighted by atomic mass is 35.6. The summed E-state index contributed by atoms with van der Waals surface area (Å²) in [5.41, 5.74) is 3.22. The first-order valence-electron chi connectivity index (χ1n) is 24.2. The lowest BCUT2D eigenvalue weighted by atomic mass is 9.92. The normalized spacial score (nSPS) is 16.2. The van der Waals surface area contributed by atoms with Gasteiger partial charge in [0.15, 0.2) is 6.10 Å². The third-order valence-electron chi connectivity index (χ3n) is 12.4. The summed E-state index contributed by atoms with van der Waals surface area (Å²) in [6, 6.07) is 26.6. The summed E-state index contributed by atoms with van der Waals surface area (Å²) in [7, 11) is -1.59. The number of amides is 3. The fourth-order valence-corrected chi connectivity index (χ4v) is 13.0. The molecule has 1 aliphatic heterocycles. The van der Waals surface area contributed by atoms with Crippen molar-refractivity contribution < 1.29 is 42.6 Å². The molecule has 2 N–H and O–H groups in total. The maximum atomic E-state index is 14.8. The van der Waals surface area contributed by atoms with Gasteiger partial charge in [0, 0.05) is 19.0 Å². The monoisotopic (exact) mass is 1070 g/mol. The minimum atomic E-state index is -3.27. The van der Waals surface area contributed by atoms with Gasteiger partial charge in [0.05, 0.1) is 29.3 Å².